The van der Waals surface area contributed by atoms with Gasteiger partial charge in [-0.3, -0.25) is 19.5 Å². The van der Waals surface area contributed by atoms with Crippen molar-refractivity contribution in [3.63, 3.8) is 0 Å². The van der Waals surface area contributed by atoms with Gasteiger partial charge in [0, 0.05) is 80.0 Å². The minimum absolute atomic E-state index is 0.0331. The molecule has 40 heavy (non-hydrogen) atoms. The third-order valence-electron chi connectivity index (χ3n) is 7.26. The van der Waals surface area contributed by atoms with Crippen molar-refractivity contribution in [1.29, 1.82) is 0 Å². The van der Waals surface area contributed by atoms with Crippen LogP contribution in [0.3, 0.4) is 0 Å². The van der Waals surface area contributed by atoms with Crippen LogP contribution in [0.5, 0.6) is 0 Å². The van der Waals surface area contributed by atoms with E-state index >= 15 is 4.39 Å². The molecule has 0 atom stereocenters. The Kier molecular flexibility index (Phi) is 9.22. The van der Waals surface area contributed by atoms with Crippen molar-refractivity contribution in [2.24, 2.45) is 0 Å². The van der Waals surface area contributed by atoms with Gasteiger partial charge in [-0.05, 0) is 30.5 Å². The monoisotopic (exact) mass is 636 g/mol. The molecule has 4 rings (SSSR count). The van der Waals surface area contributed by atoms with E-state index in [1.807, 2.05) is 17.0 Å². The van der Waals surface area contributed by atoms with Crippen LogP contribution in [-0.4, -0.2) is 80.5 Å². The summed E-state index contributed by atoms with van der Waals surface area (Å²) in [6.45, 7) is 0.256. The Morgan fingerprint density at radius 3 is 2.38 bits per heavy atom. The average Bonchev–Trinajstić information content (AvgIpc) is 2.93. The van der Waals surface area contributed by atoms with Crippen molar-refractivity contribution >= 4 is 33.8 Å². The van der Waals surface area contributed by atoms with Gasteiger partial charge >= 0.3 is 12.1 Å². The molecule has 0 spiro atoms. The maximum Gasteiger partial charge on any atom is 0.471 e. The van der Waals surface area contributed by atoms with Crippen LogP contribution in [0, 0.1) is 11.6 Å². The quantitative estimate of drug-likeness (QED) is 0.359. The number of piperidine rings is 2. The number of halogens is 7. The minimum atomic E-state index is -5.23. The summed E-state index contributed by atoms with van der Waals surface area (Å²) in [6.07, 6.45) is -3.14. The molecule has 8 nitrogen and oxygen atoms in total. The SMILES string of the molecule is O=C(N(Cc1ncc(F)cc1F)C1CCN(C(=O)C2(F)CCN(Cc3ccnc(NBr)c3)CC2)CC1)C(F)(F)F. The predicted molar refractivity (Wildman–Crippen MR) is 135 cm³/mol. The van der Waals surface area contributed by atoms with Crippen LogP contribution in [0.2, 0.25) is 0 Å². The van der Waals surface area contributed by atoms with Gasteiger partial charge in [-0.25, -0.2) is 18.2 Å². The Hall–Kier alpha value is -2.94. The van der Waals surface area contributed by atoms with Crippen LogP contribution in [0.1, 0.15) is 36.9 Å². The zero-order valence-electron chi connectivity index (χ0n) is 21.2. The zero-order chi connectivity index (χ0) is 29.1. The topological polar surface area (TPSA) is 81.7 Å². The Labute approximate surface area is 235 Å². The fraction of sp³-hybridized carbons (Fsp3) is 0.520. The van der Waals surface area contributed by atoms with Crippen LogP contribution in [0.15, 0.2) is 30.6 Å². The van der Waals surface area contributed by atoms with Crippen molar-refractivity contribution in [1.82, 2.24) is 24.7 Å². The molecule has 4 heterocycles. The van der Waals surface area contributed by atoms with Crippen molar-refractivity contribution in [2.75, 3.05) is 30.5 Å². The number of alkyl halides is 4. The summed E-state index contributed by atoms with van der Waals surface area (Å²) in [5.41, 5.74) is -1.66. The van der Waals surface area contributed by atoms with Gasteiger partial charge in [0.05, 0.1) is 18.4 Å². The first kappa shape index (κ1) is 30.0. The third kappa shape index (κ3) is 7.03. The molecule has 0 saturated carbocycles. The second-order valence-electron chi connectivity index (χ2n) is 9.92. The maximum atomic E-state index is 15.7. The summed E-state index contributed by atoms with van der Waals surface area (Å²) in [7, 11) is 0. The van der Waals surface area contributed by atoms with E-state index in [2.05, 4.69) is 30.5 Å². The smallest absolute Gasteiger partial charge is 0.340 e. The van der Waals surface area contributed by atoms with E-state index < -0.39 is 53.6 Å². The van der Waals surface area contributed by atoms with Crippen molar-refractivity contribution < 1.29 is 35.9 Å². The van der Waals surface area contributed by atoms with Crippen LogP contribution in [0.4, 0.5) is 32.2 Å². The van der Waals surface area contributed by atoms with Crippen LogP contribution in [-0.2, 0) is 22.7 Å². The van der Waals surface area contributed by atoms with Crippen molar-refractivity contribution in [2.45, 2.75) is 56.7 Å². The minimum Gasteiger partial charge on any atom is -0.340 e. The van der Waals surface area contributed by atoms with E-state index in [1.54, 1.807) is 6.20 Å². The van der Waals surface area contributed by atoms with Gasteiger partial charge in [-0.15, -0.1) is 0 Å². The van der Waals surface area contributed by atoms with Crippen LogP contribution >= 0.6 is 16.1 Å². The summed E-state index contributed by atoms with van der Waals surface area (Å²) in [5, 5.41) is 0. The summed E-state index contributed by atoms with van der Waals surface area (Å²) in [5.74, 6) is -4.47. The number of pyridine rings is 2. The van der Waals surface area contributed by atoms with Gasteiger partial charge in [0.1, 0.15) is 17.5 Å². The highest BCUT2D eigenvalue weighted by Gasteiger charge is 2.48. The van der Waals surface area contributed by atoms with E-state index in [9.17, 15) is 31.5 Å². The van der Waals surface area contributed by atoms with E-state index in [0.717, 1.165) is 5.56 Å². The number of hydrogen-bond donors (Lipinski definition) is 1. The predicted octanol–water partition coefficient (Wildman–Crippen LogP) is 4.36. The number of nitrogens with one attached hydrogen (secondary N) is 1. The highest BCUT2D eigenvalue weighted by molar-refractivity contribution is 9.10. The summed E-state index contributed by atoms with van der Waals surface area (Å²) in [4.78, 5) is 36.7. The molecule has 2 aromatic rings. The number of nitrogens with zero attached hydrogens (tertiary/aromatic N) is 5. The fourth-order valence-electron chi connectivity index (χ4n) is 5.08. The molecule has 1 N–H and O–H groups in total. The number of aromatic nitrogens is 2. The van der Waals surface area contributed by atoms with E-state index in [1.165, 1.54) is 4.90 Å². The molecule has 2 amide bonds. The van der Waals surface area contributed by atoms with Gasteiger partial charge in [0.25, 0.3) is 5.91 Å². The molecule has 218 valence electrons. The van der Waals surface area contributed by atoms with Gasteiger partial charge in [-0.2, -0.15) is 13.2 Å². The molecule has 2 aromatic heterocycles. The number of hydrogen-bond acceptors (Lipinski definition) is 6. The van der Waals surface area contributed by atoms with Crippen LogP contribution < -0.4 is 4.34 Å². The molecule has 2 aliphatic heterocycles. The molecule has 0 bridgehead atoms. The highest BCUT2D eigenvalue weighted by atomic mass is 79.9. The first-order valence-corrected chi connectivity index (χ1v) is 13.4. The second-order valence-corrected chi connectivity index (χ2v) is 10.3. The standard InChI is InChI=1S/C25H27BrF6N6O2/c26-35-21-11-16(1-6-33-21)14-36-9-4-24(29,5-10-36)22(39)37-7-2-18(3-8-37)38(23(40)25(30,31)32)15-20-19(28)12-17(27)13-34-20/h1,6,11-13,18H,2-5,7-10,14-15H2,(H,33,35). The number of likely N-dealkylation sites (tertiary alicyclic amines) is 2. The Balaban J connectivity index is 1.36. The fourth-order valence-corrected chi connectivity index (χ4v) is 5.29. The molecular weight excluding hydrogens is 610 g/mol. The first-order chi connectivity index (χ1) is 18.9. The van der Waals surface area contributed by atoms with E-state index in [-0.39, 0.29) is 38.8 Å². The lowest BCUT2D eigenvalue weighted by molar-refractivity contribution is -0.189. The number of amides is 2. The summed E-state index contributed by atoms with van der Waals surface area (Å²) < 4.78 is 85.8. The lowest BCUT2D eigenvalue weighted by Crippen LogP contribution is -2.56. The normalized spacial score (nSPS) is 18.4. The van der Waals surface area contributed by atoms with E-state index in [0.29, 0.717) is 42.6 Å². The molecule has 0 aromatic carbocycles. The van der Waals surface area contributed by atoms with Crippen LogP contribution in [0.25, 0.3) is 0 Å². The van der Waals surface area contributed by atoms with Crippen molar-refractivity contribution in [3.8, 4) is 0 Å². The van der Waals surface area contributed by atoms with Gasteiger partial charge in [0.2, 0.25) is 0 Å². The molecule has 0 unspecified atom stereocenters. The average molecular weight is 637 g/mol. The summed E-state index contributed by atoms with van der Waals surface area (Å²) in [6, 6.07) is 3.16. The highest BCUT2D eigenvalue weighted by Crippen LogP contribution is 2.32. The van der Waals surface area contributed by atoms with Gasteiger partial charge in [-0.1, -0.05) is 0 Å². The first-order valence-electron chi connectivity index (χ1n) is 12.6. The number of rotatable bonds is 7. The third-order valence-corrected chi connectivity index (χ3v) is 7.67. The Bertz CT molecular complexity index is 1220. The molecule has 15 heteroatoms. The molecule has 2 saturated heterocycles. The lowest BCUT2D eigenvalue weighted by Gasteiger charge is -2.42. The zero-order valence-corrected chi connectivity index (χ0v) is 22.8. The Morgan fingerprint density at radius 2 is 1.77 bits per heavy atom. The molecule has 0 radical (unpaired) electrons. The second kappa shape index (κ2) is 12.3. The number of anilines is 1. The molecule has 2 aliphatic rings. The van der Waals surface area contributed by atoms with Crippen molar-refractivity contribution in [3.05, 3.63) is 53.5 Å². The van der Waals surface area contributed by atoms with Gasteiger partial charge in [0.15, 0.2) is 5.67 Å². The number of carbonyl (C=O) groups excluding carboxylic acids is 2. The molecule has 2 fully saturated rings. The largest absolute Gasteiger partial charge is 0.471 e. The number of carbonyl (C=O) groups is 2. The molecular formula is C25H27BrF6N6O2. The summed E-state index contributed by atoms with van der Waals surface area (Å²) >= 11 is 3.12. The van der Waals surface area contributed by atoms with Gasteiger partial charge < -0.3 is 14.1 Å². The van der Waals surface area contributed by atoms with E-state index in [4.69, 9.17) is 0 Å². The lowest BCUT2D eigenvalue weighted by atomic mass is 9.90. The molecule has 0 aliphatic carbocycles. The maximum absolute atomic E-state index is 15.7. The Morgan fingerprint density at radius 1 is 1.10 bits per heavy atom.